The Morgan fingerprint density at radius 1 is 1.47 bits per heavy atom. The standard InChI is InChI=1S/C12H17NO4/c1-13-9(12(15)17-3)6-8-4-5-11(16-2)10(14)7-8/h4-5,7,9,13-14H,6H2,1-3H3/t9-/m0/s1. The highest BCUT2D eigenvalue weighted by Gasteiger charge is 2.17. The van der Waals surface area contributed by atoms with Crippen LogP contribution in [0.4, 0.5) is 0 Å². The van der Waals surface area contributed by atoms with E-state index in [2.05, 4.69) is 10.1 Å². The first-order valence-electron chi connectivity index (χ1n) is 5.23. The largest absolute Gasteiger partial charge is 0.504 e. The van der Waals surface area contributed by atoms with Crippen molar-refractivity contribution in [1.82, 2.24) is 5.32 Å². The molecule has 0 fully saturated rings. The van der Waals surface area contributed by atoms with Gasteiger partial charge in [-0.3, -0.25) is 4.79 Å². The van der Waals surface area contributed by atoms with Gasteiger partial charge in [-0.05, 0) is 31.2 Å². The highest BCUT2D eigenvalue weighted by Crippen LogP contribution is 2.26. The predicted octanol–water partition coefficient (Wildman–Crippen LogP) is 0.704. The first-order valence-corrected chi connectivity index (χ1v) is 5.23. The van der Waals surface area contributed by atoms with Gasteiger partial charge in [-0.2, -0.15) is 0 Å². The molecule has 0 radical (unpaired) electrons. The van der Waals surface area contributed by atoms with Gasteiger partial charge in [-0.15, -0.1) is 0 Å². The first kappa shape index (κ1) is 13.3. The molecular formula is C12H17NO4. The molecule has 0 spiro atoms. The summed E-state index contributed by atoms with van der Waals surface area (Å²) < 4.78 is 9.60. The number of esters is 1. The normalized spacial score (nSPS) is 11.9. The van der Waals surface area contributed by atoms with E-state index in [0.717, 1.165) is 5.56 Å². The molecule has 1 aromatic carbocycles. The van der Waals surface area contributed by atoms with Crippen LogP contribution in [0.5, 0.6) is 11.5 Å². The number of rotatable bonds is 5. The Bertz CT molecular complexity index is 392. The molecule has 1 aromatic rings. The third-order valence-electron chi connectivity index (χ3n) is 2.52. The Morgan fingerprint density at radius 2 is 2.18 bits per heavy atom. The minimum atomic E-state index is -0.423. The predicted molar refractivity (Wildman–Crippen MR) is 63.2 cm³/mol. The third-order valence-corrected chi connectivity index (χ3v) is 2.52. The van der Waals surface area contributed by atoms with Crippen molar-refractivity contribution in [2.75, 3.05) is 21.3 Å². The zero-order valence-corrected chi connectivity index (χ0v) is 10.2. The quantitative estimate of drug-likeness (QED) is 0.740. The van der Waals surface area contributed by atoms with Gasteiger partial charge in [-0.1, -0.05) is 6.07 Å². The van der Waals surface area contributed by atoms with Crippen LogP contribution in [-0.4, -0.2) is 38.4 Å². The number of likely N-dealkylation sites (N-methyl/N-ethyl adjacent to an activating group) is 1. The molecule has 0 amide bonds. The number of benzene rings is 1. The van der Waals surface area contributed by atoms with Crippen LogP contribution >= 0.6 is 0 Å². The molecule has 94 valence electrons. The number of nitrogens with one attached hydrogen (secondary N) is 1. The number of phenols is 1. The number of carbonyl (C=O) groups is 1. The molecule has 1 rings (SSSR count). The first-order chi connectivity index (χ1) is 8.12. The lowest BCUT2D eigenvalue weighted by Crippen LogP contribution is -2.36. The van der Waals surface area contributed by atoms with Gasteiger partial charge in [0.2, 0.25) is 0 Å². The van der Waals surface area contributed by atoms with E-state index in [1.807, 2.05) is 0 Å². The Hall–Kier alpha value is -1.75. The molecule has 0 aliphatic heterocycles. The van der Waals surface area contributed by atoms with Gasteiger partial charge >= 0.3 is 5.97 Å². The Morgan fingerprint density at radius 3 is 2.65 bits per heavy atom. The monoisotopic (exact) mass is 239 g/mol. The minimum Gasteiger partial charge on any atom is -0.504 e. The van der Waals surface area contributed by atoms with Crippen molar-refractivity contribution >= 4 is 5.97 Å². The van der Waals surface area contributed by atoms with Crippen molar-refractivity contribution in [2.24, 2.45) is 0 Å². The average molecular weight is 239 g/mol. The van der Waals surface area contributed by atoms with E-state index >= 15 is 0 Å². The molecule has 0 aromatic heterocycles. The van der Waals surface area contributed by atoms with E-state index < -0.39 is 6.04 Å². The van der Waals surface area contributed by atoms with Crippen molar-refractivity contribution < 1.29 is 19.4 Å². The molecule has 1 atom stereocenters. The summed E-state index contributed by atoms with van der Waals surface area (Å²) in [5.41, 5.74) is 0.827. The number of hydrogen-bond donors (Lipinski definition) is 2. The van der Waals surface area contributed by atoms with Gasteiger partial charge in [0, 0.05) is 0 Å². The molecular weight excluding hydrogens is 222 g/mol. The molecule has 0 saturated carbocycles. The molecule has 0 heterocycles. The second-order valence-corrected chi connectivity index (χ2v) is 3.57. The van der Waals surface area contributed by atoms with Crippen LogP contribution in [0.25, 0.3) is 0 Å². The molecule has 0 aliphatic carbocycles. The lowest BCUT2D eigenvalue weighted by atomic mass is 10.1. The molecule has 17 heavy (non-hydrogen) atoms. The second-order valence-electron chi connectivity index (χ2n) is 3.57. The number of phenolic OH excluding ortho intramolecular Hbond substituents is 1. The highest BCUT2D eigenvalue weighted by atomic mass is 16.5. The van der Waals surface area contributed by atoms with Gasteiger partial charge in [0.15, 0.2) is 11.5 Å². The fourth-order valence-electron chi connectivity index (χ4n) is 1.54. The van der Waals surface area contributed by atoms with Gasteiger partial charge < -0.3 is 19.9 Å². The van der Waals surface area contributed by atoms with E-state index in [1.54, 1.807) is 25.2 Å². The average Bonchev–Trinajstić information content (AvgIpc) is 2.35. The van der Waals surface area contributed by atoms with E-state index in [1.165, 1.54) is 14.2 Å². The van der Waals surface area contributed by atoms with Crippen LogP contribution in [0, 0.1) is 0 Å². The zero-order valence-electron chi connectivity index (χ0n) is 10.2. The van der Waals surface area contributed by atoms with Crippen LogP contribution in [0.1, 0.15) is 5.56 Å². The summed E-state index contributed by atoms with van der Waals surface area (Å²) in [5, 5.41) is 12.5. The molecule has 0 bridgehead atoms. The van der Waals surface area contributed by atoms with Crippen molar-refractivity contribution in [2.45, 2.75) is 12.5 Å². The topological polar surface area (TPSA) is 67.8 Å². The summed E-state index contributed by atoms with van der Waals surface area (Å²) in [6.07, 6.45) is 0.445. The van der Waals surface area contributed by atoms with Crippen molar-refractivity contribution in [3.8, 4) is 11.5 Å². The number of methoxy groups -OCH3 is 2. The van der Waals surface area contributed by atoms with Crippen LogP contribution in [0.15, 0.2) is 18.2 Å². The summed E-state index contributed by atoms with van der Waals surface area (Å²) in [7, 11) is 4.52. The van der Waals surface area contributed by atoms with E-state index in [0.29, 0.717) is 12.2 Å². The molecule has 0 aliphatic rings. The number of carbonyl (C=O) groups excluding carboxylic acids is 1. The summed E-state index contributed by atoms with van der Waals surface area (Å²) in [4.78, 5) is 11.4. The van der Waals surface area contributed by atoms with E-state index in [4.69, 9.17) is 4.74 Å². The molecule has 5 heteroatoms. The number of hydrogen-bond acceptors (Lipinski definition) is 5. The number of aromatic hydroxyl groups is 1. The van der Waals surface area contributed by atoms with Crippen LogP contribution in [0.3, 0.4) is 0 Å². The summed E-state index contributed by atoms with van der Waals surface area (Å²) in [5.74, 6) is 0.139. The van der Waals surface area contributed by atoms with Crippen molar-refractivity contribution in [1.29, 1.82) is 0 Å². The minimum absolute atomic E-state index is 0.0599. The third kappa shape index (κ3) is 3.35. The van der Waals surface area contributed by atoms with Crippen molar-refractivity contribution in [3.63, 3.8) is 0 Å². The van der Waals surface area contributed by atoms with Gasteiger partial charge in [0.25, 0.3) is 0 Å². The lowest BCUT2D eigenvalue weighted by Gasteiger charge is -2.14. The summed E-state index contributed by atoms with van der Waals surface area (Å²) in [6, 6.07) is 4.61. The smallest absolute Gasteiger partial charge is 0.323 e. The molecule has 0 unspecified atom stereocenters. The maximum atomic E-state index is 11.4. The van der Waals surface area contributed by atoms with Crippen molar-refractivity contribution in [3.05, 3.63) is 23.8 Å². The Labute approximate surface area is 100 Å². The number of ether oxygens (including phenoxy) is 2. The van der Waals surface area contributed by atoms with Crippen LogP contribution < -0.4 is 10.1 Å². The SMILES string of the molecule is CN[C@@H](Cc1ccc(OC)c(O)c1)C(=O)OC. The lowest BCUT2D eigenvalue weighted by molar-refractivity contribution is -0.142. The summed E-state index contributed by atoms with van der Waals surface area (Å²) in [6.45, 7) is 0. The van der Waals surface area contributed by atoms with E-state index in [-0.39, 0.29) is 11.7 Å². The highest BCUT2D eigenvalue weighted by molar-refractivity contribution is 5.76. The zero-order chi connectivity index (χ0) is 12.8. The van der Waals surface area contributed by atoms with Gasteiger partial charge in [0.05, 0.1) is 14.2 Å². The fourth-order valence-corrected chi connectivity index (χ4v) is 1.54. The maximum Gasteiger partial charge on any atom is 0.323 e. The van der Waals surface area contributed by atoms with Crippen LogP contribution in [0.2, 0.25) is 0 Å². The molecule has 0 saturated heterocycles. The maximum absolute atomic E-state index is 11.4. The Balaban J connectivity index is 2.80. The Kier molecular flexibility index (Phi) is 4.78. The molecule has 2 N–H and O–H groups in total. The summed E-state index contributed by atoms with van der Waals surface area (Å²) >= 11 is 0. The van der Waals surface area contributed by atoms with Gasteiger partial charge in [0.1, 0.15) is 6.04 Å². The van der Waals surface area contributed by atoms with Gasteiger partial charge in [-0.25, -0.2) is 0 Å². The fraction of sp³-hybridized carbons (Fsp3) is 0.417. The van der Waals surface area contributed by atoms with Crippen LogP contribution in [-0.2, 0) is 16.0 Å². The second kappa shape index (κ2) is 6.10. The van der Waals surface area contributed by atoms with E-state index in [9.17, 15) is 9.90 Å². The molecule has 5 nitrogen and oxygen atoms in total.